The molecule has 0 spiro atoms. The van der Waals surface area contributed by atoms with Gasteiger partial charge >= 0.3 is 0 Å². The van der Waals surface area contributed by atoms with E-state index in [1.165, 1.54) is 0 Å². The van der Waals surface area contributed by atoms with Crippen LogP contribution in [0.4, 0.5) is 0 Å². The van der Waals surface area contributed by atoms with Gasteiger partial charge in [-0.05, 0) is 12.1 Å². The normalized spacial score (nSPS) is 15.7. The average molecular weight is 306 g/mol. The molecule has 3 aromatic heterocycles. The van der Waals surface area contributed by atoms with Crippen molar-refractivity contribution in [2.24, 2.45) is 7.05 Å². The summed E-state index contributed by atoms with van der Waals surface area (Å²) in [7, 11) is 1.82. The number of hydrogen-bond acceptors (Lipinski definition) is 2. The number of aryl methyl sites for hydroxylation is 1. The zero-order valence-corrected chi connectivity index (χ0v) is 13.8. The molecule has 0 aliphatic carbocycles. The van der Waals surface area contributed by atoms with Gasteiger partial charge in [0.15, 0.2) is 11.7 Å². The molecule has 0 radical (unpaired) electrons. The first-order chi connectivity index (χ1) is 11.1. The lowest BCUT2D eigenvalue weighted by Gasteiger charge is -2.33. The second-order valence-electron chi connectivity index (χ2n) is 6.28. The summed E-state index contributed by atoms with van der Waals surface area (Å²) in [6.45, 7) is 8.82. The fraction of sp³-hybridized carbons (Fsp3) is 0.316. The Balaban J connectivity index is 2.41. The van der Waals surface area contributed by atoms with E-state index in [0.717, 1.165) is 40.4 Å². The van der Waals surface area contributed by atoms with Crippen LogP contribution >= 0.6 is 0 Å². The Morgan fingerprint density at radius 1 is 1.30 bits per heavy atom. The van der Waals surface area contributed by atoms with Crippen LogP contribution < -0.4 is 10.1 Å². The maximum atomic E-state index is 12.7. The number of hydrogen-bond donors (Lipinski definition) is 0. The number of nitrogens with zero attached hydrogens (tertiary/aromatic N) is 3. The summed E-state index contributed by atoms with van der Waals surface area (Å²) in [6, 6.07) is 6.02. The Kier molecular flexibility index (Phi) is 2.77. The third-order valence-electron chi connectivity index (χ3n) is 5.55. The fourth-order valence-corrected chi connectivity index (χ4v) is 4.17. The van der Waals surface area contributed by atoms with E-state index < -0.39 is 0 Å². The smallest absolute Gasteiger partial charge is 0.277 e. The van der Waals surface area contributed by atoms with Crippen molar-refractivity contribution in [2.75, 3.05) is 0 Å². The number of allylic oxidation sites excluding steroid dienone is 1. The average Bonchev–Trinajstić information content (AvgIpc) is 2.60. The zero-order valence-electron chi connectivity index (χ0n) is 13.8. The van der Waals surface area contributed by atoms with Gasteiger partial charge in [0.2, 0.25) is 5.52 Å². The molecule has 1 aliphatic rings. The Hall–Kier alpha value is -2.49. The molecule has 1 aliphatic heterocycles. The van der Waals surface area contributed by atoms with E-state index in [9.17, 15) is 4.79 Å². The van der Waals surface area contributed by atoms with Gasteiger partial charge in [0, 0.05) is 43.3 Å². The predicted octanol–water partition coefficient (Wildman–Crippen LogP) is 2.92. The lowest BCUT2D eigenvalue weighted by Crippen LogP contribution is -2.58. The zero-order chi connectivity index (χ0) is 16.4. The summed E-state index contributed by atoms with van der Waals surface area (Å²) in [5.41, 5.74) is 4.49. The van der Waals surface area contributed by atoms with Crippen molar-refractivity contribution in [1.82, 2.24) is 9.55 Å². The van der Waals surface area contributed by atoms with E-state index in [-0.39, 0.29) is 11.1 Å². The largest absolute Gasteiger partial charge is 0.304 e. The standard InChI is InChI=1S/C19H20N3O/c1-5-19(6-2)12(3)13-9-10-20-16-15(13)17-14(21(4)18(16)23)8-7-11-22(17)19/h7-11H,3,5-6H2,1-2,4H3/q+1. The van der Waals surface area contributed by atoms with Gasteiger partial charge in [-0.3, -0.25) is 9.78 Å². The van der Waals surface area contributed by atoms with Crippen LogP contribution in [-0.2, 0) is 12.6 Å². The fourth-order valence-electron chi connectivity index (χ4n) is 4.17. The quantitative estimate of drug-likeness (QED) is 0.539. The van der Waals surface area contributed by atoms with Crippen LogP contribution in [0, 0.1) is 0 Å². The minimum Gasteiger partial charge on any atom is -0.304 e. The van der Waals surface area contributed by atoms with Crippen molar-refractivity contribution in [3.8, 4) is 0 Å². The molecule has 3 aromatic rings. The van der Waals surface area contributed by atoms with Gasteiger partial charge in [0.05, 0.1) is 5.39 Å². The molecular weight excluding hydrogens is 286 g/mol. The molecule has 4 rings (SSSR count). The molecule has 0 atom stereocenters. The number of rotatable bonds is 2. The maximum absolute atomic E-state index is 12.7. The summed E-state index contributed by atoms with van der Waals surface area (Å²) in [4.78, 5) is 17.1. The van der Waals surface area contributed by atoms with Gasteiger partial charge in [-0.25, -0.2) is 0 Å². The van der Waals surface area contributed by atoms with E-state index in [1.54, 1.807) is 10.8 Å². The summed E-state index contributed by atoms with van der Waals surface area (Å²) in [5, 5.41) is 0.939. The Morgan fingerprint density at radius 3 is 2.74 bits per heavy atom. The summed E-state index contributed by atoms with van der Waals surface area (Å²) >= 11 is 0. The van der Waals surface area contributed by atoms with Crippen LogP contribution in [0.15, 0.2) is 42.0 Å². The van der Waals surface area contributed by atoms with Crippen LogP contribution in [-0.4, -0.2) is 9.55 Å². The van der Waals surface area contributed by atoms with Crippen LogP contribution in [0.1, 0.15) is 32.3 Å². The third-order valence-corrected chi connectivity index (χ3v) is 5.55. The highest BCUT2D eigenvalue weighted by Crippen LogP contribution is 2.42. The molecule has 0 aromatic carbocycles. The number of aromatic nitrogens is 3. The highest BCUT2D eigenvalue weighted by Gasteiger charge is 2.46. The van der Waals surface area contributed by atoms with Gasteiger partial charge in [-0.2, -0.15) is 4.57 Å². The van der Waals surface area contributed by atoms with Crippen LogP contribution in [0.5, 0.6) is 0 Å². The number of pyridine rings is 3. The summed E-state index contributed by atoms with van der Waals surface area (Å²) < 4.78 is 4.01. The Labute approximate surface area is 134 Å². The van der Waals surface area contributed by atoms with Crippen molar-refractivity contribution in [3.63, 3.8) is 0 Å². The molecule has 0 fully saturated rings. The van der Waals surface area contributed by atoms with E-state index in [4.69, 9.17) is 0 Å². The molecule has 4 nitrogen and oxygen atoms in total. The molecule has 0 bridgehead atoms. The third kappa shape index (κ3) is 1.48. The molecule has 0 N–H and O–H groups in total. The minimum atomic E-state index is -0.155. The van der Waals surface area contributed by atoms with Crippen molar-refractivity contribution in [1.29, 1.82) is 0 Å². The van der Waals surface area contributed by atoms with Crippen LogP contribution in [0.3, 0.4) is 0 Å². The summed E-state index contributed by atoms with van der Waals surface area (Å²) in [5.74, 6) is 0. The van der Waals surface area contributed by atoms with Gasteiger partial charge < -0.3 is 4.57 Å². The van der Waals surface area contributed by atoms with Crippen LogP contribution in [0.25, 0.3) is 27.5 Å². The van der Waals surface area contributed by atoms with Crippen LogP contribution in [0.2, 0.25) is 0 Å². The van der Waals surface area contributed by atoms with Gasteiger partial charge in [0.1, 0.15) is 11.0 Å². The van der Waals surface area contributed by atoms with Gasteiger partial charge in [0.25, 0.3) is 5.56 Å². The SMILES string of the molecule is C=C1c2ccnc3c(=O)n(C)c4ccc[n+](c4c23)C1(CC)CC. The molecule has 23 heavy (non-hydrogen) atoms. The molecule has 0 unspecified atom stereocenters. The Bertz CT molecular complexity index is 1040. The Morgan fingerprint density at radius 2 is 2.04 bits per heavy atom. The molecule has 0 saturated carbocycles. The van der Waals surface area contributed by atoms with Crippen molar-refractivity contribution in [3.05, 3.63) is 53.1 Å². The van der Waals surface area contributed by atoms with E-state index in [2.05, 4.69) is 36.2 Å². The molecule has 4 heterocycles. The van der Waals surface area contributed by atoms with Gasteiger partial charge in [-0.15, -0.1) is 0 Å². The first-order valence-electron chi connectivity index (χ1n) is 8.09. The van der Waals surface area contributed by atoms with Crippen molar-refractivity contribution in [2.45, 2.75) is 32.2 Å². The molecular formula is C19H20N3O+. The van der Waals surface area contributed by atoms with Crippen molar-refractivity contribution >= 4 is 27.5 Å². The van der Waals surface area contributed by atoms with E-state index in [0.29, 0.717) is 5.52 Å². The van der Waals surface area contributed by atoms with E-state index in [1.807, 2.05) is 25.2 Å². The molecule has 0 saturated heterocycles. The topological polar surface area (TPSA) is 38.8 Å². The molecule has 0 amide bonds. The predicted molar refractivity (Wildman–Crippen MR) is 92.3 cm³/mol. The first-order valence-corrected chi connectivity index (χ1v) is 8.09. The molecule has 116 valence electrons. The maximum Gasteiger partial charge on any atom is 0.277 e. The highest BCUT2D eigenvalue weighted by atomic mass is 16.1. The van der Waals surface area contributed by atoms with E-state index >= 15 is 0 Å². The van der Waals surface area contributed by atoms with Crippen molar-refractivity contribution < 1.29 is 4.57 Å². The molecule has 4 heteroatoms. The second kappa shape index (κ2) is 4.51. The monoisotopic (exact) mass is 306 g/mol. The summed E-state index contributed by atoms with van der Waals surface area (Å²) in [6.07, 6.45) is 5.75. The lowest BCUT2D eigenvalue weighted by molar-refractivity contribution is -0.727. The minimum absolute atomic E-state index is 0.0552. The second-order valence-corrected chi connectivity index (χ2v) is 6.28. The highest BCUT2D eigenvalue weighted by molar-refractivity contribution is 6.07. The van der Waals surface area contributed by atoms with Gasteiger partial charge in [-0.1, -0.05) is 20.4 Å². The first kappa shape index (κ1) is 14.1. The lowest BCUT2D eigenvalue weighted by atomic mass is 9.77.